The van der Waals surface area contributed by atoms with Gasteiger partial charge in [-0.3, -0.25) is 0 Å². The molecule has 2 aromatic rings. The highest BCUT2D eigenvalue weighted by Crippen LogP contribution is 2.17. The normalized spacial score (nSPS) is 11.2. The van der Waals surface area contributed by atoms with Crippen LogP contribution in [-0.4, -0.2) is 19.5 Å². The Kier molecular flexibility index (Phi) is 3.90. The molecule has 0 atom stereocenters. The molecule has 0 saturated carbocycles. The van der Waals surface area contributed by atoms with E-state index in [0.717, 1.165) is 5.56 Å². The second-order valence-corrected chi connectivity index (χ2v) is 6.56. The molecule has 0 aromatic heterocycles. The molecule has 104 valence electrons. The average molecular weight is 290 g/mol. The third-order valence-electron chi connectivity index (χ3n) is 2.94. The number of hydrogen-bond donors (Lipinski definition) is 1. The predicted molar refractivity (Wildman–Crippen MR) is 75.5 cm³/mol. The Balaban J connectivity index is 2.24. The van der Waals surface area contributed by atoms with E-state index >= 15 is 0 Å². The van der Waals surface area contributed by atoms with E-state index in [-0.39, 0.29) is 16.2 Å². The SMILES string of the molecule is Cc1ccc(S(=O)(=O)Cc2ccc(C(=O)O)cc2)cc1. The van der Waals surface area contributed by atoms with E-state index in [1.165, 1.54) is 24.3 Å². The molecule has 1 N–H and O–H groups in total. The molecule has 0 aliphatic carbocycles. The molecule has 20 heavy (non-hydrogen) atoms. The maximum atomic E-state index is 12.2. The Hall–Kier alpha value is -2.14. The molecular weight excluding hydrogens is 276 g/mol. The maximum Gasteiger partial charge on any atom is 0.335 e. The van der Waals surface area contributed by atoms with Crippen LogP contribution in [0, 0.1) is 6.92 Å². The highest BCUT2D eigenvalue weighted by molar-refractivity contribution is 7.90. The first-order chi connectivity index (χ1) is 9.38. The van der Waals surface area contributed by atoms with Crippen molar-refractivity contribution in [3.63, 3.8) is 0 Å². The highest BCUT2D eigenvalue weighted by atomic mass is 32.2. The summed E-state index contributed by atoms with van der Waals surface area (Å²) in [5.74, 6) is -1.17. The third-order valence-corrected chi connectivity index (χ3v) is 4.64. The van der Waals surface area contributed by atoms with Crippen molar-refractivity contribution in [2.45, 2.75) is 17.6 Å². The van der Waals surface area contributed by atoms with E-state index < -0.39 is 15.8 Å². The number of aromatic carboxylic acids is 1. The van der Waals surface area contributed by atoms with Crippen molar-refractivity contribution in [3.05, 3.63) is 65.2 Å². The molecule has 0 bridgehead atoms. The van der Waals surface area contributed by atoms with Gasteiger partial charge in [0.2, 0.25) is 0 Å². The summed E-state index contributed by atoms with van der Waals surface area (Å²) in [6.45, 7) is 1.89. The van der Waals surface area contributed by atoms with Crippen LogP contribution in [0.5, 0.6) is 0 Å². The molecule has 0 amide bonds. The molecule has 0 saturated heterocycles. The van der Waals surface area contributed by atoms with Crippen molar-refractivity contribution >= 4 is 15.8 Å². The Morgan fingerprint density at radius 1 is 1.00 bits per heavy atom. The molecule has 4 nitrogen and oxygen atoms in total. The Bertz CT molecular complexity index is 713. The van der Waals surface area contributed by atoms with Crippen LogP contribution in [0.25, 0.3) is 0 Å². The number of benzene rings is 2. The molecule has 0 unspecified atom stereocenters. The standard InChI is InChI=1S/C15H14O4S/c1-11-2-8-14(9-3-11)20(18,19)10-12-4-6-13(7-5-12)15(16)17/h2-9H,10H2,1H3,(H,16,17). The fraction of sp³-hybridized carbons (Fsp3) is 0.133. The second-order valence-electron chi connectivity index (χ2n) is 4.57. The van der Waals surface area contributed by atoms with Crippen LogP contribution in [0.1, 0.15) is 21.5 Å². The first-order valence-electron chi connectivity index (χ1n) is 6.00. The van der Waals surface area contributed by atoms with E-state index in [0.29, 0.717) is 5.56 Å². The van der Waals surface area contributed by atoms with E-state index in [1.807, 2.05) is 6.92 Å². The molecular formula is C15H14O4S. The topological polar surface area (TPSA) is 71.4 Å². The summed E-state index contributed by atoms with van der Waals surface area (Å²) in [4.78, 5) is 11.0. The first kappa shape index (κ1) is 14.3. The molecule has 0 aliphatic heterocycles. The molecule has 2 aromatic carbocycles. The van der Waals surface area contributed by atoms with Crippen LogP contribution in [0.3, 0.4) is 0 Å². The quantitative estimate of drug-likeness (QED) is 0.939. The summed E-state index contributed by atoms with van der Waals surface area (Å²) in [7, 11) is -3.41. The smallest absolute Gasteiger partial charge is 0.335 e. The van der Waals surface area contributed by atoms with Gasteiger partial charge < -0.3 is 5.11 Å². The van der Waals surface area contributed by atoms with Crippen molar-refractivity contribution in [2.75, 3.05) is 0 Å². The van der Waals surface area contributed by atoms with Crippen molar-refractivity contribution in [1.82, 2.24) is 0 Å². The molecule has 2 rings (SSSR count). The van der Waals surface area contributed by atoms with Gasteiger partial charge in [-0.1, -0.05) is 29.8 Å². The van der Waals surface area contributed by atoms with Gasteiger partial charge in [0.25, 0.3) is 0 Å². The lowest BCUT2D eigenvalue weighted by Gasteiger charge is -2.05. The molecule has 0 aliphatic rings. The highest BCUT2D eigenvalue weighted by Gasteiger charge is 2.15. The maximum absolute atomic E-state index is 12.2. The van der Waals surface area contributed by atoms with Crippen LogP contribution < -0.4 is 0 Å². The van der Waals surface area contributed by atoms with Gasteiger partial charge in [-0.05, 0) is 36.8 Å². The van der Waals surface area contributed by atoms with E-state index in [4.69, 9.17) is 5.11 Å². The van der Waals surface area contributed by atoms with E-state index in [9.17, 15) is 13.2 Å². The fourth-order valence-electron chi connectivity index (χ4n) is 1.79. The molecule has 0 spiro atoms. The summed E-state index contributed by atoms with van der Waals surface area (Å²) in [6.07, 6.45) is 0. The van der Waals surface area contributed by atoms with Crippen LogP contribution in [0.4, 0.5) is 0 Å². The predicted octanol–water partition coefficient (Wildman–Crippen LogP) is 2.67. The van der Waals surface area contributed by atoms with Gasteiger partial charge in [-0.15, -0.1) is 0 Å². The van der Waals surface area contributed by atoms with Gasteiger partial charge in [0, 0.05) is 0 Å². The average Bonchev–Trinajstić information content (AvgIpc) is 2.39. The summed E-state index contributed by atoms with van der Waals surface area (Å²) in [5.41, 5.74) is 1.70. The Labute approximate surface area is 117 Å². The van der Waals surface area contributed by atoms with Crippen molar-refractivity contribution in [2.24, 2.45) is 0 Å². The molecule has 0 heterocycles. The monoisotopic (exact) mass is 290 g/mol. The minimum Gasteiger partial charge on any atom is -0.478 e. The zero-order chi connectivity index (χ0) is 14.8. The largest absolute Gasteiger partial charge is 0.478 e. The van der Waals surface area contributed by atoms with Crippen molar-refractivity contribution in [3.8, 4) is 0 Å². The third kappa shape index (κ3) is 3.24. The van der Waals surface area contributed by atoms with Crippen LogP contribution >= 0.6 is 0 Å². The van der Waals surface area contributed by atoms with Crippen molar-refractivity contribution in [1.29, 1.82) is 0 Å². The minimum absolute atomic E-state index is 0.140. The molecule has 0 fully saturated rings. The lowest BCUT2D eigenvalue weighted by atomic mass is 10.1. The van der Waals surface area contributed by atoms with Gasteiger partial charge in [-0.25, -0.2) is 13.2 Å². The number of carboxylic acid groups (broad SMARTS) is 1. The lowest BCUT2D eigenvalue weighted by molar-refractivity contribution is 0.0697. The summed E-state index contributed by atoms with van der Waals surface area (Å²) in [5, 5.41) is 8.79. The number of carbonyl (C=O) groups is 1. The zero-order valence-electron chi connectivity index (χ0n) is 10.9. The fourth-order valence-corrected chi connectivity index (χ4v) is 3.14. The summed E-state index contributed by atoms with van der Waals surface area (Å²) < 4.78 is 24.4. The van der Waals surface area contributed by atoms with Gasteiger partial charge in [0.1, 0.15) is 0 Å². The zero-order valence-corrected chi connectivity index (χ0v) is 11.7. The number of rotatable bonds is 4. The van der Waals surface area contributed by atoms with Crippen LogP contribution in [-0.2, 0) is 15.6 Å². The number of carboxylic acids is 1. The van der Waals surface area contributed by atoms with E-state index in [2.05, 4.69) is 0 Å². The van der Waals surface area contributed by atoms with Crippen molar-refractivity contribution < 1.29 is 18.3 Å². The van der Waals surface area contributed by atoms with Gasteiger partial charge in [0.15, 0.2) is 9.84 Å². The Morgan fingerprint density at radius 2 is 1.55 bits per heavy atom. The minimum atomic E-state index is -3.41. The Morgan fingerprint density at radius 3 is 2.05 bits per heavy atom. The molecule has 0 radical (unpaired) electrons. The van der Waals surface area contributed by atoms with Gasteiger partial charge in [0.05, 0.1) is 16.2 Å². The second kappa shape index (κ2) is 5.46. The van der Waals surface area contributed by atoms with Gasteiger partial charge in [-0.2, -0.15) is 0 Å². The van der Waals surface area contributed by atoms with Crippen LogP contribution in [0.15, 0.2) is 53.4 Å². The van der Waals surface area contributed by atoms with Crippen LogP contribution in [0.2, 0.25) is 0 Å². The van der Waals surface area contributed by atoms with E-state index in [1.54, 1.807) is 24.3 Å². The summed E-state index contributed by atoms with van der Waals surface area (Å²) >= 11 is 0. The summed E-state index contributed by atoms with van der Waals surface area (Å²) in [6, 6.07) is 12.5. The number of hydrogen-bond acceptors (Lipinski definition) is 3. The lowest BCUT2D eigenvalue weighted by Crippen LogP contribution is -2.05. The number of sulfone groups is 1. The first-order valence-corrected chi connectivity index (χ1v) is 7.65. The molecule has 5 heteroatoms. The van der Waals surface area contributed by atoms with Gasteiger partial charge >= 0.3 is 5.97 Å². The number of aryl methyl sites for hydroxylation is 1.